The summed E-state index contributed by atoms with van der Waals surface area (Å²) >= 11 is 0. The summed E-state index contributed by atoms with van der Waals surface area (Å²) in [6.45, 7) is 0. The molecule has 0 aliphatic rings. The molecule has 1 N–H and O–H groups in total. The largest absolute Gasteiger partial charge is 0.438 e. The minimum Gasteiger partial charge on any atom is -0.281 e. The van der Waals surface area contributed by atoms with E-state index in [1.165, 1.54) is 0 Å². The summed E-state index contributed by atoms with van der Waals surface area (Å²) in [4.78, 5) is 0. The van der Waals surface area contributed by atoms with Gasteiger partial charge in [0.25, 0.3) is 0 Å². The maximum absolute atomic E-state index is 13.4. The van der Waals surface area contributed by atoms with E-state index in [0.717, 1.165) is 0 Å². The maximum Gasteiger partial charge on any atom is 0.438 e. The van der Waals surface area contributed by atoms with Crippen molar-refractivity contribution in [3.05, 3.63) is 0 Å². The lowest BCUT2D eigenvalue weighted by Gasteiger charge is -2.44. The zero-order valence-corrected chi connectivity index (χ0v) is 16.4. The Morgan fingerprint density at radius 3 is 0.784 bits per heavy atom. The van der Waals surface area contributed by atoms with Gasteiger partial charge in [0.1, 0.15) is 0 Å². The second-order valence-electron chi connectivity index (χ2n) is 6.51. The third-order valence-electron chi connectivity index (χ3n) is 4.14. The van der Waals surface area contributed by atoms with Gasteiger partial charge >= 0.3 is 75.1 Å². The fourth-order valence-electron chi connectivity index (χ4n) is 1.87. The Morgan fingerprint density at radius 1 is 0.405 bits per heavy atom. The second kappa shape index (κ2) is 8.43. The van der Waals surface area contributed by atoms with Crippen LogP contribution in [0.3, 0.4) is 0 Å². The Balaban J connectivity index is 7.28. The Morgan fingerprint density at radius 2 is 0.595 bits per heavy atom. The van der Waals surface area contributed by atoms with E-state index in [0.29, 0.717) is 0 Å². The molecule has 224 valence electrons. The summed E-state index contributed by atoms with van der Waals surface area (Å²) in [6, 6.07) is 0. The van der Waals surface area contributed by atoms with Gasteiger partial charge in [0.05, 0.1) is 0 Å². The lowest BCUT2D eigenvalue weighted by Crippen LogP contribution is -2.77. The minimum atomic E-state index is -9.45. The molecular weight excluding hydrogens is 630 g/mol. The number of halogens is 22. The molecule has 0 atom stereocenters. The van der Waals surface area contributed by atoms with Gasteiger partial charge < -0.3 is 0 Å². The average molecular weight is 632 g/mol. The van der Waals surface area contributed by atoms with E-state index >= 15 is 0 Å². The molecule has 0 spiro atoms. The number of hydrogen-bond donors (Lipinski definition) is 1. The van der Waals surface area contributed by atoms with E-state index in [9.17, 15) is 105 Å². The summed E-state index contributed by atoms with van der Waals surface area (Å²) in [5.41, 5.74) is 0. The van der Waals surface area contributed by atoms with E-state index < -0.39 is 75.1 Å². The molecule has 0 radical (unpaired) electrons. The van der Waals surface area contributed by atoms with Gasteiger partial charge in [-0.1, -0.05) is 0 Å². The highest BCUT2D eigenvalue weighted by Crippen LogP contribution is 2.66. The van der Waals surface area contributed by atoms with Crippen molar-refractivity contribution in [2.75, 3.05) is 0 Å². The molecule has 26 heteroatoms. The minimum absolute atomic E-state index is 6.24. The summed E-state index contributed by atoms with van der Waals surface area (Å²) in [5, 5.41) is -8.10. The molecule has 0 aromatic heterocycles. The molecule has 0 aliphatic carbocycles. The van der Waals surface area contributed by atoms with Crippen LogP contribution in [0.4, 0.5) is 96.6 Å². The Kier molecular flexibility index (Phi) is 8.06. The Bertz CT molecular complexity index is 964. The van der Waals surface area contributed by atoms with Crippen LogP contribution in [0, 0.1) is 0 Å². The third-order valence-corrected chi connectivity index (χ3v) is 5.05. The van der Waals surface area contributed by atoms with E-state index in [-0.39, 0.29) is 0 Å². The number of rotatable bonds is 11. The van der Waals surface area contributed by atoms with Gasteiger partial charge in [-0.15, -0.1) is 0 Å². The molecule has 0 aromatic carbocycles. The summed E-state index contributed by atoms with van der Waals surface area (Å²) < 4.78 is 314. The molecule has 0 amide bonds. The van der Waals surface area contributed by atoms with Crippen LogP contribution in [0.1, 0.15) is 0 Å². The van der Waals surface area contributed by atoms with Crippen molar-refractivity contribution in [1.29, 1.82) is 0 Å². The van der Waals surface area contributed by atoms with Crippen LogP contribution >= 0.6 is 0 Å². The van der Waals surface area contributed by atoms with Gasteiger partial charge in [0.2, 0.25) is 0 Å². The van der Waals surface area contributed by atoms with Crippen molar-refractivity contribution < 1.29 is 110 Å². The molecule has 0 rings (SSSR count). The Hall–Kier alpha value is -1.63. The highest BCUT2D eigenvalue weighted by Gasteiger charge is 2.98. The summed E-state index contributed by atoms with van der Waals surface area (Å²) in [7, 11) is -8.13. The third kappa shape index (κ3) is 4.04. The lowest BCUT2D eigenvalue weighted by molar-refractivity contribution is -0.469. The maximum atomic E-state index is 13.4. The first-order valence-corrected chi connectivity index (χ1v) is 8.91. The van der Waals surface area contributed by atoms with Crippen molar-refractivity contribution in [1.82, 2.24) is 0 Å². The van der Waals surface area contributed by atoms with Gasteiger partial charge in [-0.2, -0.15) is 96.2 Å². The van der Waals surface area contributed by atoms with Gasteiger partial charge in [-0.25, -0.2) is 8.78 Å². The molecule has 0 bridgehead atoms. The molecule has 0 heterocycles. The predicted molar refractivity (Wildman–Crippen MR) is 67.0 cm³/mol. The summed E-state index contributed by atoms with van der Waals surface area (Å²) in [5.74, 6) is -81.1. The van der Waals surface area contributed by atoms with Gasteiger partial charge in [-0.05, 0) is 0 Å². The Labute approximate surface area is 186 Å². The van der Waals surface area contributed by atoms with Crippen LogP contribution in [0.25, 0.3) is 0 Å². The quantitative estimate of drug-likeness (QED) is 0.211. The highest BCUT2D eigenvalue weighted by atomic mass is 32.2. The lowest BCUT2D eigenvalue weighted by atomic mass is 9.86. The van der Waals surface area contributed by atoms with Gasteiger partial charge in [-0.3, -0.25) is 4.55 Å². The average Bonchev–Trinajstić information content (AvgIpc) is 2.65. The monoisotopic (exact) mass is 632 g/mol. The van der Waals surface area contributed by atoms with E-state index in [4.69, 9.17) is 4.55 Å². The standard InChI is InChI=1S/C11H2F22O3S/c12-1(13)2(14,15)3(16,17)4(18,19)5(20,21)6(22,23)7(24,25)8(26,27)9(28,29)10(30,31)11(32,33)37(34,35)36/h1H,(H,34,35,36). The molecule has 0 aromatic rings. The number of hydrogen-bond acceptors (Lipinski definition) is 2. The SMILES string of the molecule is O=S(=O)(O)C(F)(F)C(F)(F)C(F)(F)C(F)(F)C(F)(F)C(F)(F)C(F)(F)C(F)(F)C(F)(F)C(F)(F)C(F)F. The van der Waals surface area contributed by atoms with Crippen LogP contribution in [-0.2, 0) is 10.1 Å². The van der Waals surface area contributed by atoms with Crippen molar-refractivity contribution in [3.8, 4) is 0 Å². The predicted octanol–water partition coefficient (Wildman–Crippen LogP) is 6.45. The van der Waals surface area contributed by atoms with E-state index in [1.54, 1.807) is 0 Å². The molecular formula is C11H2F22O3S. The highest BCUT2D eigenvalue weighted by molar-refractivity contribution is 7.87. The van der Waals surface area contributed by atoms with Crippen LogP contribution < -0.4 is 0 Å². The fourth-order valence-corrected chi connectivity index (χ4v) is 2.33. The van der Waals surface area contributed by atoms with E-state index in [1.807, 2.05) is 0 Å². The van der Waals surface area contributed by atoms with E-state index in [2.05, 4.69) is 0 Å². The fraction of sp³-hybridized carbons (Fsp3) is 1.00. The summed E-state index contributed by atoms with van der Waals surface area (Å²) in [6.07, 6.45) is -6.24. The van der Waals surface area contributed by atoms with Crippen molar-refractivity contribution in [2.24, 2.45) is 0 Å². The van der Waals surface area contributed by atoms with Crippen molar-refractivity contribution >= 4 is 10.1 Å². The first-order valence-electron chi connectivity index (χ1n) is 7.47. The smallest absolute Gasteiger partial charge is 0.281 e. The van der Waals surface area contributed by atoms with Crippen LogP contribution in [0.2, 0.25) is 0 Å². The second-order valence-corrected chi connectivity index (χ2v) is 7.97. The van der Waals surface area contributed by atoms with Crippen LogP contribution in [-0.4, -0.2) is 78.0 Å². The molecule has 0 fully saturated rings. The van der Waals surface area contributed by atoms with Gasteiger partial charge in [0.15, 0.2) is 0 Å². The first kappa shape index (κ1) is 35.4. The van der Waals surface area contributed by atoms with Crippen LogP contribution in [0.5, 0.6) is 0 Å². The van der Waals surface area contributed by atoms with Crippen LogP contribution in [0.15, 0.2) is 0 Å². The molecule has 0 saturated heterocycles. The number of alkyl halides is 22. The van der Waals surface area contributed by atoms with Crippen molar-refractivity contribution in [3.63, 3.8) is 0 Å². The molecule has 3 nitrogen and oxygen atoms in total. The topological polar surface area (TPSA) is 54.4 Å². The zero-order chi connectivity index (χ0) is 31.1. The first-order chi connectivity index (χ1) is 15.4. The molecule has 0 saturated carbocycles. The van der Waals surface area contributed by atoms with Gasteiger partial charge in [0, 0.05) is 0 Å². The normalized spacial score (nSPS) is 17.0. The van der Waals surface area contributed by atoms with Crippen molar-refractivity contribution in [2.45, 2.75) is 65.0 Å². The molecule has 37 heavy (non-hydrogen) atoms. The molecule has 0 aliphatic heterocycles. The molecule has 0 unspecified atom stereocenters. The zero-order valence-electron chi connectivity index (χ0n) is 15.6.